The van der Waals surface area contributed by atoms with E-state index in [0.717, 1.165) is 29.9 Å². The molecule has 2 aliphatic heterocycles. The number of piperidine rings is 1. The summed E-state index contributed by atoms with van der Waals surface area (Å²) in [6, 6.07) is 7.91. The maximum absolute atomic E-state index is 6.31. The Bertz CT molecular complexity index is 554. The van der Waals surface area contributed by atoms with Crippen molar-refractivity contribution in [1.29, 1.82) is 0 Å². The van der Waals surface area contributed by atoms with E-state index < -0.39 is 0 Å². The van der Waals surface area contributed by atoms with Gasteiger partial charge in [0, 0.05) is 0 Å². The average molecular weight is 273 g/mol. The van der Waals surface area contributed by atoms with Crippen molar-refractivity contribution in [3.8, 4) is 17.1 Å². The molecule has 0 amide bonds. The van der Waals surface area contributed by atoms with Gasteiger partial charge in [0.1, 0.15) is 5.76 Å². The normalized spacial score (nSPS) is 22.0. The van der Waals surface area contributed by atoms with Crippen LogP contribution in [0.25, 0.3) is 11.3 Å². The SMILES string of the molecule is CC1(C)CCCC(C)(C)N1Oc1ccc2occcc1-2. The third kappa shape index (κ3) is 2.20. The van der Waals surface area contributed by atoms with E-state index in [-0.39, 0.29) is 11.1 Å². The third-order valence-corrected chi connectivity index (χ3v) is 4.32. The minimum Gasteiger partial charge on any atom is -0.464 e. The van der Waals surface area contributed by atoms with Gasteiger partial charge in [0.15, 0.2) is 5.75 Å². The highest BCUT2D eigenvalue weighted by Crippen LogP contribution is 2.41. The number of fused-ring (bicyclic) bond motifs is 1. The molecule has 108 valence electrons. The molecule has 0 atom stereocenters. The third-order valence-electron chi connectivity index (χ3n) is 4.32. The number of hydroxylamine groups is 2. The Morgan fingerprint density at radius 2 is 1.75 bits per heavy atom. The molecule has 0 aromatic carbocycles. The van der Waals surface area contributed by atoms with Gasteiger partial charge >= 0.3 is 0 Å². The minimum absolute atomic E-state index is 0.0390. The Morgan fingerprint density at radius 3 is 2.45 bits per heavy atom. The Labute approximate surface area is 120 Å². The summed E-state index contributed by atoms with van der Waals surface area (Å²) in [5, 5.41) is 2.17. The Balaban J connectivity index is 1.93. The molecule has 0 bridgehead atoms. The fourth-order valence-corrected chi connectivity index (χ4v) is 3.37. The smallest absolute Gasteiger partial charge is 0.158 e. The molecule has 3 aliphatic rings. The second-order valence-corrected chi connectivity index (χ2v) is 6.95. The monoisotopic (exact) mass is 273 g/mol. The van der Waals surface area contributed by atoms with Gasteiger partial charge in [-0.2, -0.15) is 0 Å². The first-order valence-corrected chi connectivity index (χ1v) is 7.35. The van der Waals surface area contributed by atoms with Gasteiger partial charge in [-0.3, -0.25) is 0 Å². The lowest BCUT2D eigenvalue weighted by atomic mass is 9.82. The van der Waals surface area contributed by atoms with Crippen molar-refractivity contribution in [2.45, 2.75) is 58.0 Å². The highest BCUT2D eigenvalue weighted by Gasteiger charge is 2.43. The van der Waals surface area contributed by atoms with Crippen molar-refractivity contribution in [1.82, 2.24) is 5.06 Å². The number of rotatable bonds is 2. The first-order chi connectivity index (χ1) is 9.40. The molecule has 3 rings (SSSR count). The second kappa shape index (κ2) is 4.52. The van der Waals surface area contributed by atoms with Gasteiger partial charge < -0.3 is 9.25 Å². The summed E-state index contributed by atoms with van der Waals surface area (Å²) in [6.45, 7) is 9.01. The molecule has 0 spiro atoms. The van der Waals surface area contributed by atoms with Gasteiger partial charge in [0.25, 0.3) is 0 Å². The maximum atomic E-state index is 6.31. The molecule has 3 heteroatoms. The first-order valence-electron chi connectivity index (χ1n) is 7.35. The number of hydrogen-bond donors (Lipinski definition) is 0. The van der Waals surface area contributed by atoms with E-state index >= 15 is 0 Å². The number of hydrogen-bond acceptors (Lipinski definition) is 3. The maximum Gasteiger partial charge on any atom is 0.158 e. The van der Waals surface area contributed by atoms with Crippen LogP contribution in [0.1, 0.15) is 47.0 Å². The lowest BCUT2D eigenvalue weighted by Crippen LogP contribution is -2.59. The topological polar surface area (TPSA) is 25.6 Å². The van der Waals surface area contributed by atoms with Gasteiger partial charge in [0.05, 0.1) is 22.9 Å². The Kier molecular flexibility index (Phi) is 3.05. The highest BCUT2D eigenvalue weighted by atomic mass is 16.7. The van der Waals surface area contributed by atoms with Crippen LogP contribution in [0, 0.1) is 0 Å². The molecule has 0 aromatic rings. The molecular weight excluding hydrogens is 250 g/mol. The molecule has 3 nitrogen and oxygen atoms in total. The Hall–Kier alpha value is -1.48. The quantitative estimate of drug-likeness (QED) is 0.791. The average Bonchev–Trinajstić information content (AvgIpc) is 2.77. The molecule has 0 saturated carbocycles. The van der Waals surface area contributed by atoms with E-state index in [1.807, 2.05) is 24.3 Å². The predicted molar refractivity (Wildman–Crippen MR) is 79.8 cm³/mol. The van der Waals surface area contributed by atoms with Crippen molar-refractivity contribution in [3.63, 3.8) is 0 Å². The van der Waals surface area contributed by atoms with E-state index in [0.29, 0.717) is 0 Å². The van der Waals surface area contributed by atoms with E-state index in [1.54, 1.807) is 6.26 Å². The van der Waals surface area contributed by atoms with Crippen LogP contribution < -0.4 is 4.84 Å². The zero-order valence-electron chi connectivity index (χ0n) is 12.8. The first kappa shape index (κ1) is 13.5. The highest BCUT2D eigenvalue weighted by molar-refractivity contribution is 5.68. The fraction of sp³-hybridized carbons (Fsp3) is 0.529. The summed E-state index contributed by atoms with van der Waals surface area (Å²) in [4.78, 5) is 6.31. The molecule has 2 heterocycles. The summed E-state index contributed by atoms with van der Waals surface area (Å²) in [5.74, 6) is 1.75. The largest absolute Gasteiger partial charge is 0.464 e. The molecule has 0 N–H and O–H groups in total. The molecule has 1 fully saturated rings. The summed E-state index contributed by atoms with van der Waals surface area (Å²) in [7, 11) is 0. The summed E-state index contributed by atoms with van der Waals surface area (Å²) in [6.07, 6.45) is 5.25. The van der Waals surface area contributed by atoms with E-state index in [9.17, 15) is 0 Å². The predicted octanol–water partition coefficient (Wildman–Crippen LogP) is 4.72. The van der Waals surface area contributed by atoms with Crippen LogP contribution >= 0.6 is 0 Å². The van der Waals surface area contributed by atoms with Crippen LogP contribution in [0.15, 0.2) is 34.9 Å². The van der Waals surface area contributed by atoms with Crippen molar-refractivity contribution in [2.75, 3.05) is 0 Å². The van der Waals surface area contributed by atoms with Crippen molar-refractivity contribution in [3.05, 3.63) is 30.5 Å². The second-order valence-electron chi connectivity index (χ2n) is 6.95. The molecule has 0 aromatic heterocycles. The van der Waals surface area contributed by atoms with Crippen molar-refractivity contribution >= 4 is 0 Å². The van der Waals surface area contributed by atoms with Gasteiger partial charge in [-0.1, -0.05) is 0 Å². The van der Waals surface area contributed by atoms with Crippen LogP contribution in [0.2, 0.25) is 0 Å². The molecule has 0 unspecified atom stereocenters. The molecule has 1 saturated heterocycles. The van der Waals surface area contributed by atoms with Gasteiger partial charge in [-0.05, 0) is 71.2 Å². The van der Waals surface area contributed by atoms with E-state index in [2.05, 4.69) is 32.8 Å². The zero-order valence-corrected chi connectivity index (χ0v) is 12.8. The van der Waals surface area contributed by atoms with E-state index in [4.69, 9.17) is 9.25 Å². The summed E-state index contributed by atoms with van der Waals surface area (Å²) >= 11 is 0. The van der Waals surface area contributed by atoms with Crippen molar-refractivity contribution < 1.29 is 9.25 Å². The lowest BCUT2D eigenvalue weighted by molar-refractivity contribution is -0.216. The number of nitrogens with zero attached hydrogens (tertiary/aromatic N) is 1. The van der Waals surface area contributed by atoms with Gasteiger partial charge in [-0.15, -0.1) is 5.06 Å². The van der Waals surface area contributed by atoms with Crippen molar-refractivity contribution in [2.24, 2.45) is 0 Å². The van der Waals surface area contributed by atoms with Crippen LogP contribution in [-0.2, 0) is 0 Å². The van der Waals surface area contributed by atoms with E-state index in [1.165, 1.54) is 6.42 Å². The van der Waals surface area contributed by atoms with Crippen LogP contribution in [0.3, 0.4) is 0 Å². The minimum atomic E-state index is 0.0390. The van der Waals surface area contributed by atoms with Gasteiger partial charge in [0.2, 0.25) is 0 Å². The molecule has 20 heavy (non-hydrogen) atoms. The van der Waals surface area contributed by atoms with Crippen LogP contribution in [0.5, 0.6) is 5.75 Å². The van der Waals surface area contributed by atoms with Gasteiger partial charge in [-0.25, -0.2) is 0 Å². The fourth-order valence-electron chi connectivity index (χ4n) is 3.37. The Morgan fingerprint density at radius 1 is 1.05 bits per heavy atom. The lowest BCUT2D eigenvalue weighted by Gasteiger charge is -2.50. The molecule has 1 aliphatic carbocycles. The summed E-state index contributed by atoms with van der Waals surface area (Å²) < 4.78 is 5.49. The molecule has 0 radical (unpaired) electrons. The molecular formula is C17H23NO2. The standard InChI is InChI=1S/C17H23NO2/c1-16(2)10-6-11-17(3,4)18(16)20-15-9-8-14-13(15)7-5-12-19-14/h5,7-9,12H,6,10-11H2,1-4H3. The van der Waals surface area contributed by atoms with Crippen LogP contribution in [0.4, 0.5) is 0 Å². The van der Waals surface area contributed by atoms with Crippen LogP contribution in [-0.4, -0.2) is 16.1 Å². The summed E-state index contributed by atoms with van der Waals surface area (Å²) in [5.41, 5.74) is 1.11. The zero-order chi connectivity index (χ0) is 14.4.